The minimum atomic E-state index is -1.13. The van der Waals surface area contributed by atoms with Crippen molar-refractivity contribution in [3.63, 3.8) is 0 Å². The van der Waals surface area contributed by atoms with Gasteiger partial charge in [0, 0.05) is 5.92 Å². The summed E-state index contributed by atoms with van der Waals surface area (Å²) in [6, 6.07) is 4.15. The summed E-state index contributed by atoms with van der Waals surface area (Å²) in [4.78, 5) is 24.5. The maximum absolute atomic E-state index is 12.9. The van der Waals surface area contributed by atoms with E-state index >= 15 is 0 Å². The van der Waals surface area contributed by atoms with Gasteiger partial charge in [0.2, 0.25) is 0 Å². The van der Waals surface area contributed by atoms with Gasteiger partial charge in [0.1, 0.15) is 5.41 Å². The summed E-state index contributed by atoms with van der Waals surface area (Å²) in [5.74, 6) is -1.35. The van der Waals surface area contributed by atoms with Gasteiger partial charge in [0.15, 0.2) is 5.78 Å². The number of hydrogen-bond donors (Lipinski definition) is 1. The highest BCUT2D eigenvalue weighted by molar-refractivity contribution is 6.07. The van der Waals surface area contributed by atoms with Crippen LogP contribution in [0.3, 0.4) is 0 Å². The third-order valence-electron chi connectivity index (χ3n) is 4.90. The molecule has 0 amide bonds. The van der Waals surface area contributed by atoms with E-state index in [2.05, 4.69) is 12.1 Å². The summed E-state index contributed by atoms with van der Waals surface area (Å²) < 4.78 is 0. The number of aryl methyl sites for hydroxylation is 3. The van der Waals surface area contributed by atoms with Crippen LogP contribution in [0.2, 0.25) is 0 Å². The van der Waals surface area contributed by atoms with Gasteiger partial charge in [-0.3, -0.25) is 9.59 Å². The molecule has 3 heteroatoms. The number of carboxylic acids is 1. The van der Waals surface area contributed by atoms with Crippen LogP contribution in [0.4, 0.5) is 0 Å². The van der Waals surface area contributed by atoms with Crippen LogP contribution in [0, 0.1) is 26.2 Å². The molecule has 0 radical (unpaired) electrons. The highest BCUT2D eigenvalue weighted by Crippen LogP contribution is 2.46. The number of carbonyl (C=O) groups excluding carboxylic acids is 1. The Labute approximate surface area is 126 Å². The minimum Gasteiger partial charge on any atom is -0.480 e. The number of aliphatic carboxylic acids is 1. The van der Waals surface area contributed by atoms with E-state index in [0.29, 0.717) is 19.3 Å². The SMILES string of the molecule is CCC(C(=O)C1(C(=O)O)CCC1)c1c(C)cc(C)cc1C. The van der Waals surface area contributed by atoms with E-state index in [9.17, 15) is 14.7 Å². The number of carboxylic acid groups (broad SMARTS) is 1. The zero-order chi connectivity index (χ0) is 15.8. The standard InChI is InChI=1S/C18H24O3/c1-5-14(15-12(3)9-11(2)10-13(15)4)16(19)18(17(20)21)7-6-8-18/h9-10,14H,5-8H2,1-4H3,(H,20,21). The topological polar surface area (TPSA) is 54.4 Å². The molecular weight excluding hydrogens is 264 g/mol. The van der Waals surface area contributed by atoms with Crippen LogP contribution in [-0.4, -0.2) is 16.9 Å². The third-order valence-corrected chi connectivity index (χ3v) is 4.90. The lowest BCUT2D eigenvalue weighted by Gasteiger charge is -2.39. The molecule has 1 fully saturated rings. The largest absolute Gasteiger partial charge is 0.480 e. The van der Waals surface area contributed by atoms with Gasteiger partial charge in [-0.25, -0.2) is 0 Å². The first-order valence-corrected chi connectivity index (χ1v) is 7.69. The van der Waals surface area contributed by atoms with Crippen LogP contribution in [0.15, 0.2) is 12.1 Å². The van der Waals surface area contributed by atoms with Gasteiger partial charge < -0.3 is 5.11 Å². The van der Waals surface area contributed by atoms with Crippen LogP contribution in [0.5, 0.6) is 0 Å². The van der Waals surface area contributed by atoms with Gasteiger partial charge in [0.25, 0.3) is 0 Å². The molecule has 1 N–H and O–H groups in total. The molecule has 1 aromatic carbocycles. The van der Waals surface area contributed by atoms with Crippen LogP contribution >= 0.6 is 0 Å². The molecule has 1 unspecified atom stereocenters. The van der Waals surface area contributed by atoms with E-state index in [0.717, 1.165) is 23.1 Å². The predicted octanol–water partition coefficient (Wildman–Crippen LogP) is 3.93. The van der Waals surface area contributed by atoms with E-state index in [1.807, 2.05) is 27.7 Å². The molecule has 2 rings (SSSR count). The average Bonchev–Trinajstić information content (AvgIpc) is 2.31. The monoisotopic (exact) mass is 288 g/mol. The van der Waals surface area contributed by atoms with Crippen molar-refractivity contribution in [1.82, 2.24) is 0 Å². The molecule has 1 aromatic rings. The molecule has 0 aromatic heterocycles. The van der Waals surface area contributed by atoms with E-state index in [1.54, 1.807) is 0 Å². The molecule has 1 atom stereocenters. The second-order valence-corrected chi connectivity index (χ2v) is 6.38. The van der Waals surface area contributed by atoms with Crippen LogP contribution in [0.25, 0.3) is 0 Å². The first-order chi connectivity index (χ1) is 9.83. The van der Waals surface area contributed by atoms with Crippen molar-refractivity contribution < 1.29 is 14.7 Å². The fourth-order valence-corrected chi connectivity index (χ4v) is 3.69. The number of benzene rings is 1. The molecule has 1 saturated carbocycles. The molecule has 0 aliphatic heterocycles. The third kappa shape index (κ3) is 2.50. The van der Waals surface area contributed by atoms with Crippen molar-refractivity contribution in [2.45, 2.75) is 59.3 Å². The molecule has 0 saturated heterocycles. The number of rotatable bonds is 5. The van der Waals surface area contributed by atoms with Crippen molar-refractivity contribution in [2.75, 3.05) is 0 Å². The van der Waals surface area contributed by atoms with Crippen molar-refractivity contribution in [3.05, 3.63) is 34.4 Å². The minimum absolute atomic E-state index is 0.0983. The van der Waals surface area contributed by atoms with Crippen LogP contribution in [0.1, 0.15) is 60.8 Å². The molecule has 21 heavy (non-hydrogen) atoms. The maximum Gasteiger partial charge on any atom is 0.317 e. The zero-order valence-corrected chi connectivity index (χ0v) is 13.3. The van der Waals surface area contributed by atoms with Crippen LogP contribution < -0.4 is 0 Å². The highest BCUT2D eigenvalue weighted by atomic mass is 16.4. The smallest absolute Gasteiger partial charge is 0.317 e. The summed E-state index contributed by atoms with van der Waals surface area (Å²) in [7, 11) is 0. The zero-order valence-electron chi connectivity index (χ0n) is 13.3. The lowest BCUT2D eigenvalue weighted by molar-refractivity contribution is -0.161. The van der Waals surface area contributed by atoms with Gasteiger partial charge in [-0.1, -0.05) is 31.0 Å². The summed E-state index contributed by atoms with van der Waals surface area (Å²) >= 11 is 0. The lowest BCUT2D eigenvalue weighted by Crippen LogP contribution is -2.47. The Balaban J connectivity index is 2.45. The molecule has 0 spiro atoms. The molecule has 1 aliphatic carbocycles. The van der Waals surface area contributed by atoms with Gasteiger partial charge >= 0.3 is 5.97 Å². The van der Waals surface area contributed by atoms with Crippen molar-refractivity contribution in [1.29, 1.82) is 0 Å². The summed E-state index contributed by atoms with van der Waals surface area (Å²) in [5, 5.41) is 9.51. The average molecular weight is 288 g/mol. The quantitative estimate of drug-likeness (QED) is 0.835. The Morgan fingerprint density at radius 2 is 1.71 bits per heavy atom. The number of hydrogen-bond acceptors (Lipinski definition) is 2. The van der Waals surface area contributed by atoms with Gasteiger partial charge in [-0.05, 0) is 56.7 Å². The Hall–Kier alpha value is -1.64. The Kier molecular flexibility index (Phi) is 4.22. The number of ketones is 1. The lowest BCUT2D eigenvalue weighted by atomic mass is 9.61. The first-order valence-electron chi connectivity index (χ1n) is 7.69. The van der Waals surface area contributed by atoms with E-state index in [1.165, 1.54) is 5.56 Å². The van der Waals surface area contributed by atoms with E-state index in [4.69, 9.17) is 0 Å². The molecule has 3 nitrogen and oxygen atoms in total. The second-order valence-electron chi connectivity index (χ2n) is 6.38. The Morgan fingerprint density at radius 3 is 2.05 bits per heavy atom. The van der Waals surface area contributed by atoms with E-state index in [-0.39, 0.29) is 11.7 Å². The van der Waals surface area contributed by atoms with Gasteiger partial charge in [-0.15, -0.1) is 0 Å². The normalized spacial score (nSPS) is 17.9. The fraction of sp³-hybridized carbons (Fsp3) is 0.556. The maximum atomic E-state index is 12.9. The van der Waals surface area contributed by atoms with Crippen LogP contribution in [-0.2, 0) is 9.59 Å². The Bertz CT molecular complexity index is 559. The molecule has 1 aliphatic rings. The molecule has 114 valence electrons. The van der Waals surface area contributed by atoms with Crippen molar-refractivity contribution in [3.8, 4) is 0 Å². The summed E-state index contributed by atoms with van der Waals surface area (Å²) in [6.07, 6.45) is 2.46. The van der Waals surface area contributed by atoms with Gasteiger partial charge in [-0.2, -0.15) is 0 Å². The predicted molar refractivity (Wildman–Crippen MR) is 82.6 cm³/mol. The summed E-state index contributed by atoms with van der Waals surface area (Å²) in [6.45, 7) is 8.03. The van der Waals surface area contributed by atoms with Crippen molar-refractivity contribution >= 4 is 11.8 Å². The first kappa shape index (κ1) is 15.7. The molecular formula is C18H24O3. The van der Waals surface area contributed by atoms with E-state index < -0.39 is 11.4 Å². The molecule has 0 heterocycles. The highest BCUT2D eigenvalue weighted by Gasteiger charge is 2.52. The van der Waals surface area contributed by atoms with Crippen molar-refractivity contribution in [2.24, 2.45) is 5.41 Å². The second kappa shape index (κ2) is 5.63. The molecule has 0 bridgehead atoms. The van der Waals surface area contributed by atoms with Gasteiger partial charge in [0.05, 0.1) is 0 Å². The fourth-order valence-electron chi connectivity index (χ4n) is 3.69. The number of Topliss-reactive ketones (excluding diaryl/α,β-unsaturated/α-hetero) is 1. The summed E-state index contributed by atoms with van der Waals surface area (Å²) in [5.41, 5.74) is 3.25. The Morgan fingerprint density at radius 1 is 1.19 bits per heavy atom. The number of carbonyl (C=O) groups is 2.